The van der Waals surface area contributed by atoms with Crippen molar-refractivity contribution in [2.24, 2.45) is 0 Å². The largest absolute Gasteiger partial charge is 0.373 e. The third-order valence-electron chi connectivity index (χ3n) is 4.33. The molecule has 2 amide bonds. The Bertz CT molecular complexity index is 843. The molecule has 2 atom stereocenters. The Labute approximate surface area is 174 Å². The van der Waals surface area contributed by atoms with E-state index in [-0.39, 0.29) is 30.6 Å². The van der Waals surface area contributed by atoms with Gasteiger partial charge in [-0.1, -0.05) is 30.3 Å². The molecule has 1 aromatic carbocycles. The number of ether oxygens (including phenoxy) is 1. The van der Waals surface area contributed by atoms with E-state index in [2.05, 4.69) is 34.4 Å². The second kappa shape index (κ2) is 10.3. The van der Waals surface area contributed by atoms with Crippen LogP contribution < -0.4 is 10.6 Å². The zero-order chi connectivity index (χ0) is 20.6. The van der Waals surface area contributed by atoms with Gasteiger partial charge in [-0.2, -0.15) is 0 Å². The number of carbonyl (C=O) groups is 2. The van der Waals surface area contributed by atoms with Crippen molar-refractivity contribution in [3.05, 3.63) is 53.0 Å². The molecule has 0 saturated carbocycles. The fourth-order valence-electron chi connectivity index (χ4n) is 3.21. The van der Waals surface area contributed by atoms with E-state index in [0.29, 0.717) is 5.13 Å². The van der Waals surface area contributed by atoms with Crippen LogP contribution >= 0.6 is 11.3 Å². The van der Waals surface area contributed by atoms with Gasteiger partial charge in [0, 0.05) is 31.1 Å². The number of nitrogens with one attached hydrogen (secondary N) is 2. The molecule has 1 fully saturated rings. The Morgan fingerprint density at radius 3 is 2.69 bits per heavy atom. The Morgan fingerprint density at radius 1 is 1.24 bits per heavy atom. The van der Waals surface area contributed by atoms with Crippen LogP contribution in [0.4, 0.5) is 5.13 Å². The highest BCUT2D eigenvalue weighted by Crippen LogP contribution is 2.19. The van der Waals surface area contributed by atoms with Gasteiger partial charge in [0.05, 0.1) is 24.4 Å². The standard InChI is InChI=1S/C21H26N4O3S/c1-15-11-25(12-16(2)28-15)13-18-14-29-21(23-18)24-20(27)10-22-19(26)9-8-17-6-4-3-5-7-17/h3-9,14-16H,10-13H2,1-2H3,(H,22,26)(H,23,24,27). The van der Waals surface area contributed by atoms with Crippen molar-refractivity contribution in [2.75, 3.05) is 25.0 Å². The number of amides is 2. The Kier molecular flexibility index (Phi) is 7.51. The molecule has 2 unspecified atom stereocenters. The lowest BCUT2D eigenvalue weighted by atomic mass is 10.2. The number of carbonyl (C=O) groups excluding carboxylic acids is 2. The molecule has 0 bridgehead atoms. The van der Waals surface area contributed by atoms with Crippen molar-refractivity contribution in [1.82, 2.24) is 15.2 Å². The van der Waals surface area contributed by atoms with Crippen LogP contribution in [0.3, 0.4) is 0 Å². The molecule has 1 saturated heterocycles. The van der Waals surface area contributed by atoms with Gasteiger partial charge in [-0.15, -0.1) is 11.3 Å². The van der Waals surface area contributed by atoms with E-state index in [1.807, 2.05) is 35.7 Å². The smallest absolute Gasteiger partial charge is 0.245 e. The Morgan fingerprint density at radius 2 is 1.97 bits per heavy atom. The van der Waals surface area contributed by atoms with Gasteiger partial charge in [-0.25, -0.2) is 4.98 Å². The van der Waals surface area contributed by atoms with E-state index in [1.54, 1.807) is 6.08 Å². The number of thiazole rings is 1. The van der Waals surface area contributed by atoms with E-state index in [9.17, 15) is 9.59 Å². The summed E-state index contributed by atoms with van der Waals surface area (Å²) >= 11 is 1.38. The van der Waals surface area contributed by atoms with Gasteiger partial charge >= 0.3 is 0 Å². The first-order valence-corrected chi connectivity index (χ1v) is 10.5. The normalized spacial score (nSPS) is 19.9. The molecule has 154 valence electrons. The summed E-state index contributed by atoms with van der Waals surface area (Å²) in [5, 5.41) is 7.79. The summed E-state index contributed by atoms with van der Waals surface area (Å²) < 4.78 is 5.74. The van der Waals surface area contributed by atoms with Gasteiger partial charge in [0.25, 0.3) is 0 Å². The van der Waals surface area contributed by atoms with E-state index in [1.165, 1.54) is 17.4 Å². The molecule has 2 heterocycles. The first-order valence-electron chi connectivity index (χ1n) is 9.61. The number of hydrogen-bond donors (Lipinski definition) is 2. The van der Waals surface area contributed by atoms with Crippen molar-refractivity contribution in [2.45, 2.75) is 32.6 Å². The highest BCUT2D eigenvalue weighted by Gasteiger charge is 2.22. The van der Waals surface area contributed by atoms with Gasteiger partial charge in [-0.3, -0.25) is 14.5 Å². The van der Waals surface area contributed by atoms with Gasteiger partial charge in [-0.05, 0) is 25.5 Å². The third-order valence-corrected chi connectivity index (χ3v) is 5.14. The molecule has 29 heavy (non-hydrogen) atoms. The monoisotopic (exact) mass is 414 g/mol. The predicted molar refractivity (Wildman–Crippen MR) is 115 cm³/mol. The molecule has 1 aliphatic heterocycles. The Hall–Kier alpha value is -2.55. The highest BCUT2D eigenvalue weighted by molar-refractivity contribution is 7.13. The van der Waals surface area contributed by atoms with E-state index >= 15 is 0 Å². The summed E-state index contributed by atoms with van der Waals surface area (Å²) in [5.41, 5.74) is 1.84. The van der Waals surface area contributed by atoms with Crippen molar-refractivity contribution in [1.29, 1.82) is 0 Å². The third kappa shape index (κ3) is 7.08. The van der Waals surface area contributed by atoms with Crippen LogP contribution in [0.5, 0.6) is 0 Å². The fourth-order valence-corrected chi connectivity index (χ4v) is 3.92. The molecule has 2 N–H and O–H groups in total. The molecular formula is C21H26N4O3S. The molecule has 8 heteroatoms. The number of rotatable bonds is 7. The van der Waals surface area contributed by atoms with Crippen LogP contribution in [0.1, 0.15) is 25.1 Å². The number of morpholine rings is 1. The van der Waals surface area contributed by atoms with Crippen molar-refractivity contribution < 1.29 is 14.3 Å². The van der Waals surface area contributed by atoms with Gasteiger partial charge in [0.2, 0.25) is 11.8 Å². The zero-order valence-electron chi connectivity index (χ0n) is 16.6. The second-order valence-electron chi connectivity index (χ2n) is 7.11. The van der Waals surface area contributed by atoms with Crippen LogP contribution in [0.15, 0.2) is 41.8 Å². The van der Waals surface area contributed by atoms with Crippen molar-refractivity contribution in [3.63, 3.8) is 0 Å². The predicted octanol–water partition coefficient (Wildman–Crippen LogP) is 2.52. The summed E-state index contributed by atoms with van der Waals surface area (Å²) in [7, 11) is 0. The average molecular weight is 415 g/mol. The minimum absolute atomic E-state index is 0.106. The molecule has 7 nitrogen and oxygen atoms in total. The maximum absolute atomic E-state index is 12.1. The zero-order valence-corrected chi connectivity index (χ0v) is 17.4. The van der Waals surface area contributed by atoms with Crippen LogP contribution in [-0.4, -0.2) is 53.5 Å². The summed E-state index contributed by atoms with van der Waals surface area (Å²) in [5.74, 6) is -0.625. The summed E-state index contributed by atoms with van der Waals surface area (Å²) in [6, 6.07) is 9.50. The Balaban J connectivity index is 1.41. The first-order chi connectivity index (χ1) is 14.0. The summed E-state index contributed by atoms with van der Waals surface area (Å²) in [6.45, 7) is 6.49. The number of hydrogen-bond acceptors (Lipinski definition) is 6. The lowest BCUT2D eigenvalue weighted by molar-refractivity contribution is -0.121. The summed E-state index contributed by atoms with van der Waals surface area (Å²) in [6.07, 6.45) is 3.52. The molecular weight excluding hydrogens is 388 g/mol. The molecule has 0 aliphatic carbocycles. The van der Waals surface area contributed by atoms with Crippen molar-refractivity contribution in [3.8, 4) is 0 Å². The lowest BCUT2D eigenvalue weighted by Crippen LogP contribution is -2.44. The molecule has 1 aromatic heterocycles. The topological polar surface area (TPSA) is 83.6 Å². The quantitative estimate of drug-likeness (QED) is 0.680. The lowest BCUT2D eigenvalue weighted by Gasteiger charge is -2.34. The average Bonchev–Trinajstić information content (AvgIpc) is 3.11. The second-order valence-corrected chi connectivity index (χ2v) is 7.96. The molecule has 2 aromatic rings. The fraction of sp³-hybridized carbons (Fsp3) is 0.381. The first kappa shape index (κ1) is 21.2. The minimum Gasteiger partial charge on any atom is -0.373 e. The summed E-state index contributed by atoms with van der Waals surface area (Å²) in [4.78, 5) is 30.7. The molecule has 3 rings (SSSR count). The maximum atomic E-state index is 12.1. The molecule has 0 radical (unpaired) electrons. The maximum Gasteiger partial charge on any atom is 0.245 e. The number of aromatic nitrogens is 1. The number of anilines is 1. The van der Waals surface area contributed by atoms with Gasteiger partial charge in [0.15, 0.2) is 5.13 Å². The van der Waals surface area contributed by atoms with Crippen LogP contribution in [0, 0.1) is 0 Å². The molecule has 1 aliphatic rings. The SMILES string of the molecule is CC1CN(Cc2csc(NC(=O)CNC(=O)C=Cc3ccccc3)n2)CC(C)O1. The number of benzene rings is 1. The van der Waals surface area contributed by atoms with Crippen molar-refractivity contribution >= 4 is 34.4 Å². The van der Waals surface area contributed by atoms with E-state index in [4.69, 9.17) is 4.74 Å². The van der Waals surface area contributed by atoms with Crippen LogP contribution in [0.2, 0.25) is 0 Å². The van der Waals surface area contributed by atoms with E-state index < -0.39 is 0 Å². The minimum atomic E-state index is -0.320. The van der Waals surface area contributed by atoms with Gasteiger partial charge in [0.1, 0.15) is 0 Å². The number of nitrogens with zero attached hydrogens (tertiary/aromatic N) is 2. The molecule has 0 spiro atoms. The van der Waals surface area contributed by atoms with Gasteiger partial charge < -0.3 is 15.4 Å². The van der Waals surface area contributed by atoms with Crippen LogP contribution in [0.25, 0.3) is 6.08 Å². The van der Waals surface area contributed by atoms with Crippen LogP contribution in [-0.2, 0) is 20.9 Å². The van der Waals surface area contributed by atoms with E-state index in [0.717, 1.165) is 30.9 Å². The highest BCUT2D eigenvalue weighted by atomic mass is 32.1.